The van der Waals surface area contributed by atoms with Crippen molar-refractivity contribution in [2.75, 3.05) is 5.32 Å². The van der Waals surface area contributed by atoms with Crippen molar-refractivity contribution in [2.45, 2.75) is 57.7 Å². The topological polar surface area (TPSA) is 95.3 Å². The van der Waals surface area contributed by atoms with Crippen LogP contribution in [0.25, 0.3) is 0 Å². The Hall–Kier alpha value is -2.60. The number of fused-ring (bicyclic) bond motifs is 1. The number of hydrogen-bond donors (Lipinski definition) is 4. The second kappa shape index (κ2) is 7.56. The standard InChI is InChI=1S/C21H27N5O/c1-13-17-8-7-16(11-14(17)12-24-13)26-20(22)19-18(9-10-23-21(19)27)25-15-5-3-2-4-6-15/h7-11,13,15,24H,2-6,12H2,1H3,(H2,22,26)(H2,23,25,27). The van der Waals surface area contributed by atoms with E-state index in [0.29, 0.717) is 17.6 Å². The molecule has 6 heteroatoms. The number of hydrogen-bond acceptors (Lipinski definition) is 4. The highest BCUT2D eigenvalue weighted by atomic mass is 16.1. The first-order valence-electron chi connectivity index (χ1n) is 9.81. The summed E-state index contributed by atoms with van der Waals surface area (Å²) in [6, 6.07) is 8.72. The molecule has 6 nitrogen and oxygen atoms in total. The third-order valence-corrected chi connectivity index (χ3v) is 5.62. The minimum Gasteiger partial charge on any atom is -0.383 e. The van der Waals surface area contributed by atoms with Crippen molar-refractivity contribution >= 4 is 17.2 Å². The average Bonchev–Trinajstić information content (AvgIpc) is 3.03. The van der Waals surface area contributed by atoms with Gasteiger partial charge in [0.25, 0.3) is 5.56 Å². The lowest BCUT2D eigenvalue weighted by Gasteiger charge is -2.24. The number of nitrogens with two attached hydrogens (primary N) is 1. The van der Waals surface area contributed by atoms with Crippen LogP contribution in [0.5, 0.6) is 0 Å². The first-order valence-corrected chi connectivity index (χ1v) is 9.81. The average molecular weight is 365 g/mol. The normalized spacial score (nSPS) is 20.5. The van der Waals surface area contributed by atoms with Crippen LogP contribution in [0.4, 0.5) is 11.4 Å². The zero-order chi connectivity index (χ0) is 18.8. The van der Waals surface area contributed by atoms with Crippen LogP contribution in [0.15, 0.2) is 40.2 Å². The van der Waals surface area contributed by atoms with Crippen molar-refractivity contribution in [3.8, 4) is 0 Å². The quantitative estimate of drug-likeness (QED) is 0.494. The summed E-state index contributed by atoms with van der Waals surface area (Å²) < 4.78 is 0. The van der Waals surface area contributed by atoms with Gasteiger partial charge in [0.2, 0.25) is 0 Å². The Kier molecular flexibility index (Phi) is 4.99. The lowest BCUT2D eigenvalue weighted by Crippen LogP contribution is -2.29. The van der Waals surface area contributed by atoms with Gasteiger partial charge in [-0.1, -0.05) is 25.3 Å². The number of benzene rings is 1. The molecule has 27 heavy (non-hydrogen) atoms. The van der Waals surface area contributed by atoms with Crippen molar-refractivity contribution in [3.05, 3.63) is 57.5 Å². The molecule has 1 saturated carbocycles. The van der Waals surface area contributed by atoms with E-state index in [4.69, 9.17) is 5.73 Å². The molecule has 1 aliphatic carbocycles. The largest absolute Gasteiger partial charge is 0.383 e. The first-order chi connectivity index (χ1) is 13.1. The lowest BCUT2D eigenvalue weighted by atomic mass is 9.95. The van der Waals surface area contributed by atoms with Crippen LogP contribution < -0.4 is 21.9 Å². The molecule has 1 aromatic carbocycles. The maximum atomic E-state index is 12.5. The summed E-state index contributed by atoms with van der Waals surface area (Å²) in [6.07, 6.45) is 7.64. The fourth-order valence-corrected chi connectivity index (χ4v) is 4.13. The van der Waals surface area contributed by atoms with Gasteiger partial charge in [0.1, 0.15) is 11.4 Å². The van der Waals surface area contributed by atoms with Crippen molar-refractivity contribution in [1.29, 1.82) is 0 Å². The van der Waals surface area contributed by atoms with Gasteiger partial charge in [-0.2, -0.15) is 0 Å². The molecule has 0 radical (unpaired) electrons. The minimum atomic E-state index is -0.214. The van der Waals surface area contributed by atoms with Gasteiger partial charge < -0.3 is 21.4 Å². The smallest absolute Gasteiger partial charge is 0.261 e. The Labute approximate surface area is 159 Å². The van der Waals surface area contributed by atoms with E-state index in [9.17, 15) is 4.79 Å². The van der Waals surface area contributed by atoms with E-state index >= 15 is 0 Å². The highest BCUT2D eigenvalue weighted by Crippen LogP contribution is 2.29. The van der Waals surface area contributed by atoms with E-state index in [1.54, 1.807) is 6.20 Å². The molecule has 5 N–H and O–H groups in total. The van der Waals surface area contributed by atoms with Crippen LogP contribution in [0.1, 0.15) is 61.8 Å². The van der Waals surface area contributed by atoms with Crippen molar-refractivity contribution in [2.24, 2.45) is 10.7 Å². The second-order valence-corrected chi connectivity index (χ2v) is 7.56. The molecular weight excluding hydrogens is 338 g/mol. The van der Waals surface area contributed by atoms with Crippen LogP contribution in [0, 0.1) is 0 Å². The predicted molar refractivity (Wildman–Crippen MR) is 110 cm³/mol. The van der Waals surface area contributed by atoms with Gasteiger partial charge >= 0.3 is 0 Å². The summed E-state index contributed by atoms with van der Waals surface area (Å²) in [5, 5.41) is 6.93. The molecule has 1 atom stereocenters. The van der Waals surface area contributed by atoms with Gasteiger partial charge in [0, 0.05) is 24.8 Å². The number of nitrogens with zero attached hydrogens (tertiary/aromatic N) is 1. The van der Waals surface area contributed by atoms with Crippen molar-refractivity contribution in [1.82, 2.24) is 10.3 Å². The molecule has 142 valence electrons. The maximum absolute atomic E-state index is 12.5. The van der Waals surface area contributed by atoms with Crippen LogP contribution in [-0.4, -0.2) is 16.9 Å². The van der Waals surface area contributed by atoms with E-state index in [1.165, 1.54) is 30.4 Å². The van der Waals surface area contributed by atoms with Gasteiger partial charge in [-0.15, -0.1) is 0 Å². The fraction of sp³-hybridized carbons (Fsp3) is 0.429. The monoisotopic (exact) mass is 365 g/mol. The lowest BCUT2D eigenvalue weighted by molar-refractivity contribution is 0.462. The number of rotatable bonds is 4. The van der Waals surface area contributed by atoms with Crippen molar-refractivity contribution < 1.29 is 0 Å². The Morgan fingerprint density at radius 1 is 1.22 bits per heavy atom. The highest BCUT2D eigenvalue weighted by molar-refractivity contribution is 6.03. The van der Waals surface area contributed by atoms with Gasteiger partial charge in [0.05, 0.1) is 11.4 Å². The highest BCUT2D eigenvalue weighted by Gasteiger charge is 2.19. The number of aromatic amines is 1. The summed E-state index contributed by atoms with van der Waals surface area (Å²) >= 11 is 0. The minimum absolute atomic E-state index is 0.214. The molecule has 0 saturated heterocycles. The van der Waals surface area contributed by atoms with Crippen LogP contribution >= 0.6 is 0 Å². The van der Waals surface area contributed by atoms with E-state index in [1.807, 2.05) is 18.2 Å². The van der Waals surface area contributed by atoms with E-state index in [0.717, 1.165) is 30.8 Å². The summed E-state index contributed by atoms with van der Waals surface area (Å²) in [5.41, 5.74) is 10.6. The summed E-state index contributed by atoms with van der Waals surface area (Å²) in [5.74, 6) is 0.245. The Balaban J connectivity index is 1.64. The number of H-pyrrole nitrogens is 1. The van der Waals surface area contributed by atoms with Gasteiger partial charge in [-0.25, -0.2) is 4.99 Å². The number of aliphatic imine (C=N–C) groups is 1. The summed E-state index contributed by atoms with van der Waals surface area (Å²) in [7, 11) is 0. The zero-order valence-electron chi connectivity index (χ0n) is 15.7. The van der Waals surface area contributed by atoms with E-state index in [-0.39, 0.29) is 11.4 Å². The molecule has 4 rings (SSSR count). The molecule has 2 aromatic rings. The molecule has 1 aromatic heterocycles. The third-order valence-electron chi connectivity index (χ3n) is 5.62. The van der Waals surface area contributed by atoms with Crippen LogP contribution in [-0.2, 0) is 6.54 Å². The zero-order valence-corrected chi connectivity index (χ0v) is 15.7. The fourth-order valence-electron chi connectivity index (χ4n) is 4.13. The number of amidine groups is 1. The number of anilines is 1. The third kappa shape index (κ3) is 3.76. The Bertz CT molecular complexity index is 911. The number of aromatic nitrogens is 1. The molecule has 1 aliphatic heterocycles. The molecule has 1 fully saturated rings. The van der Waals surface area contributed by atoms with Gasteiger partial charge in [0.15, 0.2) is 0 Å². The molecule has 0 spiro atoms. The SMILES string of the molecule is CC1NCc2cc(N=C(N)c3c(NC4CCCCC4)cc[nH]c3=O)ccc21. The Morgan fingerprint density at radius 2 is 2.04 bits per heavy atom. The summed E-state index contributed by atoms with van der Waals surface area (Å²) in [6.45, 7) is 2.98. The predicted octanol–water partition coefficient (Wildman–Crippen LogP) is 3.32. The van der Waals surface area contributed by atoms with Crippen molar-refractivity contribution in [3.63, 3.8) is 0 Å². The molecule has 0 amide bonds. The first kappa shape index (κ1) is 17.8. The maximum Gasteiger partial charge on any atom is 0.261 e. The van der Waals surface area contributed by atoms with E-state index in [2.05, 4.69) is 33.6 Å². The Morgan fingerprint density at radius 3 is 2.85 bits per heavy atom. The van der Waals surface area contributed by atoms with Crippen LogP contribution in [0.3, 0.4) is 0 Å². The summed E-state index contributed by atoms with van der Waals surface area (Å²) in [4.78, 5) is 19.8. The van der Waals surface area contributed by atoms with Crippen LogP contribution in [0.2, 0.25) is 0 Å². The number of nitrogens with one attached hydrogen (secondary N) is 3. The van der Waals surface area contributed by atoms with E-state index < -0.39 is 0 Å². The number of pyridine rings is 1. The van der Waals surface area contributed by atoms with Gasteiger partial charge in [-0.05, 0) is 49.1 Å². The molecular formula is C21H27N5O. The molecule has 1 unspecified atom stereocenters. The molecule has 2 heterocycles. The van der Waals surface area contributed by atoms with Gasteiger partial charge in [-0.3, -0.25) is 4.79 Å². The molecule has 0 bridgehead atoms. The second-order valence-electron chi connectivity index (χ2n) is 7.56. The molecule has 2 aliphatic rings.